The predicted octanol–water partition coefficient (Wildman–Crippen LogP) is 4.99. The van der Waals surface area contributed by atoms with Crippen molar-refractivity contribution in [2.45, 2.75) is 19.9 Å². The molecule has 9 nitrogen and oxygen atoms in total. The Labute approximate surface area is 222 Å². The van der Waals surface area contributed by atoms with Gasteiger partial charge in [-0.1, -0.05) is 35.6 Å². The van der Waals surface area contributed by atoms with Gasteiger partial charge in [-0.15, -0.1) is 0 Å². The monoisotopic (exact) mass is 524 g/mol. The van der Waals surface area contributed by atoms with E-state index >= 15 is 0 Å². The molecule has 0 bridgehead atoms. The van der Waals surface area contributed by atoms with Crippen LogP contribution in [-0.4, -0.2) is 45.7 Å². The highest BCUT2D eigenvalue weighted by molar-refractivity contribution is 7.22. The minimum atomic E-state index is -0.518. The van der Waals surface area contributed by atoms with E-state index in [1.807, 2.05) is 55.5 Å². The van der Waals surface area contributed by atoms with Crippen LogP contribution < -0.4 is 10.2 Å². The minimum absolute atomic E-state index is 0.197. The van der Waals surface area contributed by atoms with Gasteiger partial charge >= 0.3 is 5.97 Å². The first-order chi connectivity index (χ1) is 18.5. The lowest BCUT2D eigenvalue weighted by molar-refractivity contribution is 0.0595. The molecule has 0 fully saturated rings. The number of methoxy groups -OCH3 is 1. The van der Waals surface area contributed by atoms with Gasteiger partial charge in [-0.2, -0.15) is 5.10 Å². The molecule has 2 N–H and O–H groups in total. The molecular weight excluding hydrogens is 500 g/mol. The Morgan fingerprint density at radius 2 is 1.92 bits per heavy atom. The summed E-state index contributed by atoms with van der Waals surface area (Å²) in [4.78, 5) is 37.3. The molecule has 4 heterocycles. The number of esters is 1. The molecule has 5 aromatic rings. The fourth-order valence-corrected chi connectivity index (χ4v) is 5.66. The van der Waals surface area contributed by atoms with Crippen molar-refractivity contribution in [3.8, 4) is 11.1 Å². The number of hydrogen-bond acceptors (Lipinski definition) is 8. The third-order valence-electron chi connectivity index (χ3n) is 6.74. The van der Waals surface area contributed by atoms with Gasteiger partial charge in [0.15, 0.2) is 10.8 Å². The van der Waals surface area contributed by atoms with Crippen molar-refractivity contribution in [2.24, 2.45) is 0 Å². The van der Waals surface area contributed by atoms with Gasteiger partial charge in [-0.25, -0.2) is 14.8 Å². The van der Waals surface area contributed by atoms with E-state index in [9.17, 15) is 9.59 Å². The first kappa shape index (κ1) is 23.8. The lowest BCUT2D eigenvalue weighted by Crippen LogP contribution is -2.33. The lowest BCUT2D eigenvalue weighted by Gasteiger charge is -2.31. The van der Waals surface area contributed by atoms with Crippen LogP contribution in [0, 0.1) is 6.92 Å². The summed E-state index contributed by atoms with van der Waals surface area (Å²) in [7, 11) is 1.34. The standard InChI is InChI=1S/C28H24N6O3S/c1-16-20(14-29-33-16)18-10-11-24(31-25(18)27(36)37-2)34-13-12-17-6-5-7-19(21(17)15-34)26(35)32-28-30-22-8-3-4-9-23(22)38-28/h3-11,14H,12-13,15H2,1-2H3,(H,29,33)(H,30,32,35). The first-order valence-electron chi connectivity index (χ1n) is 12.1. The SMILES string of the molecule is COC(=O)c1nc(N2CCc3cccc(C(=O)Nc4nc5ccccc5s4)c3C2)ccc1-c1cn[nH]c1C. The van der Waals surface area contributed by atoms with Crippen molar-refractivity contribution >= 4 is 44.4 Å². The van der Waals surface area contributed by atoms with Crippen molar-refractivity contribution in [1.29, 1.82) is 0 Å². The number of thiazole rings is 1. The number of benzene rings is 2. The van der Waals surface area contributed by atoms with Crippen molar-refractivity contribution < 1.29 is 14.3 Å². The molecule has 0 atom stereocenters. The van der Waals surface area contributed by atoms with E-state index in [2.05, 4.69) is 31.5 Å². The van der Waals surface area contributed by atoms with E-state index in [4.69, 9.17) is 9.72 Å². The number of aromatic amines is 1. The molecule has 3 aromatic heterocycles. The number of aryl methyl sites for hydroxylation is 1. The highest BCUT2D eigenvalue weighted by Gasteiger charge is 2.25. The number of H-pyrrole nitrogens is 1. The van der Waals surface area contributed by atoms with Crippen molar-refractivity contribution in [3.05, 3.63) is 88.9 Å². The Kier molecular flexibility index (Phi) is 6.09. The van der Waals surface area contributed by atoms with Gasteiger partial charge in [-0.3, -0.25) is 15.2 Å². The third kappa shape index (κ3) is 4.28. The van der Waals surface area contributed by atoms with Crippen LogP contribution in [0.5, 0.6) is 0 Å². The molecule has 190 valence electrons. The Morgan fingerprint density at radius 1 is 1.05 bits per heavy atom. The second-order valence-corrected chi connectivity index (χ2v) is 10.1. The van der Waals surface area contributed by atoms with Crippen LogP contribution in [0.15, 0.2) is 60.8 Å². The second kappa shape index (κ2) is 9.71. The molecule has 0 radical (unpaired) electrons. The summed E-state index contributed by atoms with van der Waals surface area (Å²) in [5, 5.41) is 10.5. The lowest BCUT2D eigenvalue weighted by atomic mass is 9.94. The number of amides is 1. The molecule has 2 aromatic carbocycles. The van der Waals surface area contributed by atoms with E-state index in [1.54, 1.807) is 6.20 Å². The number of pyridine rings is 1. The number of nitrogens with one attached hydrogen (secondary N) is 2. The number of nitrogens with zero attached hydrogens (tertiary/aromatic N) is 4. The number of anilines is 2. The topological polar surface area (TPSA) is 113 Å². The molecular formula is C28H24N6O3S. The van der Waals surface area contributed by atoms with E-state index in [0.717, 1.165) is 39.0 Å². The smallest absolute Gasteiger partial charge is 0.357 e. The predicted molar refractivity (Wildman–Crippen MR) is 147 cm³/mol. The average molecular weight is 525 g/mol. The van der Waals surface area contributed by atoms with E-state index in [1.165, 1.54) is 18.4 Å². The van der Waals surface area contributed by atoms with Gasteiger partial charge in [0.25, 0.3) is 5.91 Å². The van der Waals surface area contributed by atoms with Crippen LogP contribution in [0.1, 0.15) is 37.7 Å². The summed E-state index contributed by atoms with van der Waals surface area (Å²) < 4.78 is 6.05. The largest absolute Gasteiger partial charge is 0.464 e. The molecule has 0 saturated carbocycles. The zero-order valence-electron chi connectivity index (χ0n) is 20.8. The maximum absolute atomic E-state index is 13.3. The third-order valence-corrected chi connectivity index (χ3v) is 7.69. The van der Waals surface area contributed by atoms with E-state index in [-0.39, 0.29) is 11.6 Å². The van der Waals surface area contributed by atoms with Gasteiger partial charge in [0.1, 0.15) is 5.82 Å². The summed E-state index contributed by atoms with van der Waals surface area (Å²) >= 11 is 1.45. The quantitative estimate of drug-likeness (QED) is 0.311. The highest BCUT2D eigenvalue weighted by atomic mass is 32.1. The second-order valence-electron chi connectivity index (χ2n) is 9.02. The highest BCUT2D eigenvalue weighted by Crippen LogP contribution is 2.31. The maximum atomic E-state index is 13.3. The van der Waals surface area contributed by atoms with Gasteiger partial charge in [0.2, 0.25) is 0 Å². The summed E-state index contributed by atoms with van der Waals surface area (Å²) in [6, 6.07) is 17.4. The van der Waals surface area contributed by atoms with Crippen molar-refractivity contribution in [2.75, 3.05) is 23.9 Å². The van der Waals surface area contributed by atoms with Crippen LogP contribution in [0.3, 0.4) is 0 Å². The number of carbonyl (C=O) groups excluding carboxylic acids is 2. The van der Waals surface area contributed by atoms with Crippen LogP contribution in [0.25, 0.3) is 21.3 Å². The zero-order chi connectivity index (χ0) is 26.2. The summed E-state index contributed by atoms with van der Waals surface area (Å²) in [6.45, 7) is 3.07. The number of para-hydroxylation sites is 1. The number of ether oxygens (including phenoxy) is 1. The molecule has 38 heavy (non-hydrogen) atoms. The Balaban J connectivity index is 1.30. The Hall–Kier alpha value is -4.57. The Bertz CT molecular complexity index is 1660. The van der Waals surface area contributed by atoms with Gasteiger partial charge in [0.05, 0.1) is 23.5 Å². The summed E-state index contributed by atoms with van der Waals surface area (Å²) in [5.41, 5.74) is 6.02. The van der Waals surface area contributed by atoms with Crippen LogP contribution in [-0.2, 0) is 17.7 Å². The number of rotatable bonds is 5. The van der Waals surface area contributed by atoms with Crippen LogP contribution >= 0.6 is 11.3 Å². The molecule has 0 unspecified atom stereocenters. The maximum Gasteiger partial charge on any atom is 0.357 e. The van der Waals surface area contributed by atoms with Crippen molar-refractivity contribution in [3.63, 3.8) is 0 Å². The molecule has 0 spiro atoms. The number of fused-ring (bicyclic) bond motifs is 2. The molecule has 0 aliphatic carbocycles. The van der Waals surface area contributed by atoms with Crippen LogP contribution in [0.4, 0.5) is 10.9 Å². The van der Waals surface area contributed by atoms with E-state index < -0.39 is 5.97 Å². The van der Waals surface area contributed by atoms with Gasteiger partial charge in [-0.05, 0) is 54.8 Å². The van der Waals surface area contributed by atoms with Gasteiger partial charge < -0.3 is 9.64 Å². The molecule has 1 aliphatic heterocycles. The van der Waals surface area contributed by atoms with Crippen LogP contribution in [0.2, 0.25) is 0 Å². The van der Waals surface area contributed by atoms with E-state index in [0.29, 0.717) is 35.2 Å². The van der Waals surface area contributed by atoms with Crippen molar-refractivity contribution in [1.82, 2.24) is 20.2 Å². The fourth-order valence-electron chi connectivity index (χ4n) is 4.80. The zero-order valence-corrected chi connectivity index (χ0v) is 21.6. The molecule has 1 aliphatic rings. The number of carbonyl (C=O) groups is 2. The minimum Gasteiger partial charge on any atom is -0.464 e. The summed E-state index contributed by atoms with van der Waals surface area (Å²) in [5.74, 6) is -0.0742. The fraction of sp³-hybridized carbons (Fsp3) is 0.179. The number of aromatic nitrogens is 4. The first-order valence-corrected chi connectivity index (χ1v) is 13.0. The molecule has 10 heteroatoms. The Morgan fingerprint density at radius 3 is 2.71 bits per heavy atom. The molecule has 6 rings (SSSR count). The summed E-state index contributed by atoms with van der Waals surface area (Å²) in [6.07, 6.45) is 2.42. The average Bonchev–Trinajstić information content (AvgIpc) is 3.56. The van der Waals surface area contributed by atoms with Gasteiger partial charge in [0, 0.05) is 35.5 Å². The molecule has 1 amide bonds. The number of hydrogen-bond donors (Lipinski definition) is 2. The molecule has 0 saturated heterocycles. The normalized spacial score (nSPS) is 12.8.